The Morgan fingerprint density at radius 3 is 2.44 bits per heavy atom. The van der Waals surface area contributed by atoms with Crippen molar-refractivity contribution in [1.82, 2.24) is 5.32 Å². The molecule has 2 saturated heterocycles. The van der Waals surface area contributed by atoms with Crippen LogP contribution in [-0.4, -0.2) is 24.7 Å². The average Bonchev–Trinajstić information content (AvgIpc) is 2.43. The van der Waals surface area contributed by atoms with Crippen LogP contribution in [0.1, 0.15) is 40.5 Å². The Labute approximate surface area is 97.9 Å². The molecule has 0 bridgehead atoms. The Balaban J connectivity index is 2.39. The fraction of sp³-hybridized carbons (Fsp3) is 0.923. The molecular formula is C13H23NO2. The zero-order valence-electron chi connectivity index (χ0n) is 10.8. The molecule has 2 aliphatic heterocycles. The molecule has 0 aromatic rings. The highest BCUT2D eigenvalue weighted by Gasteiger charge is 2.60. The normalized spacial score (nSPS) is 38.1. The van der Waals surface area contributed by atoms with E-state index in [9.17, 15) is 4.79 Å². The summed E-state index contributed by atoms with van der Waals surface area (Å²) < 4.78 is 5.45. The van der Waals surface area contributed by atoms with Crippen LogP contribution in [0, 0.1) is 17.3 Å². The van der Waals surface area contributed by atoms with E-state index in [-0.39, 0.29) is 22.8 Å². The summed E-state index contributed by atoms with van der Waals surface area (Å²) >= 11 is 0. The van der Waals surface area contributed by atoms with Gasteiger partial charge in [-0.15, -0.1) is 0 Å². The number of rotatable bonds is 1. The first-order chi connectivity index (χ1) is 7.44. The molecular weight excluding hydrogens is 202 g/mol. The lowest BCUT2D eigenvalue weighted by molar-refractivity contribution is -0.123. The Kier molecular flexibility index (Phi) is 2.77. The summed E-state index contributed by atoms with van der Waals surface area (Å²) in [7, 11) is 0. The van der Waals surface area contributed by atoms with Crippen molar-refractivity contribution in [3.05, 3.63) is 0 Å². The Morgan fingerprint density at radius 2 is 1.94 bits per heavy atom. The maximum Gasteiger partial charge on any atom is 0.223 e. The smallest absolute Gasteiger partial charge is 0.223 e. The van der Waals surface area contributed by atoms with Gasteiger partial charge in [0.25, 0.3) is 0 Å². The minimum absolute atomic E-state index is 0.0318. The molecule has 1 N–H and O–H groups in total. The molecule has 0 aromatic carbocycles. The monoisotopic (exact) mass is 225 g/mol. The molecule has 16 heavy (non-hydrogen) atoms. The molecule has 3 heteroatoms. The molecule has 2 aliphatic rings. The second-order valence-corrected chi connectivity index (χ2v) is 5.84. The van der Waals surface area contributed by atoms with Gasteiger partial charge in [0.15, 0.2) is 0 Å². The molecule has 2 heterocycles. The van der Waals surface area contributed by atoms with Crippen LogP contribution < -0.4 is 5.32 Å². The van der Waals surface area contributed by atoms with Crippen molar-refractivity contribution in [2.24, 2.45) is 17.3 Å². The lowest BCUT2D eigenvalue weighted by Crippen LogP contribution is -2.57. The van der Waals surface area contributed by atoms with Crippen molar-refractivity contribution in [3.8, 4) is 0 Å². The molecule has 2 fully saturated rings. The van der Waals surface area contributed by atoms with Crippen LogP contribution >= 0.6 is 0 Å². The van der Waals surface area contributed by atoms with Gasteiger partial charge in [-0.05, 0) is 18.8 Å². The predicted octanol–water partition coefficient (Wildman–Crippen LogP) is 1.96. The summed E-state index contributed by atoms with van der Waals surface area (Å²) in [4.78, 5) is 12.0. The molecule has 1 spiro atoms. The van der Waals surface area contributed by atoms with Crippen molar-refractivity contribution in [3.63, 3.8) is 0 Å². The van der Waals surface area contributed by atoms with Crippen LogP contribution in [-0.2, 0) is 9.53 Å². The minimum atomic E-state index is -0.0318. The van der Waals surface area contributed by atoms with E-state index in [1.165, 1.54) is 0 Å². The maximum absolute atomic E-state index is 12.0. The first-order valence-electron chi connectivity index (χ1n) is 6.34. The van der Waals surface area contributed by atoms with Gasteiger partial charge in [-0.25, -0.2) is 0 Å². The number of amides is 1. The molecule has 0 radical (unpaired) electrons. The third-order valence-corrected chi connectivity index (χ3v) is 5.23. The topological polar surface area (TPSA) is 38.3 Å². The zero-order valence-corrected chi connectivity index (χ0v) is 10.8. The van der Waals surface area contributed by atoms with Crippen LogP contribution in [0.4, 0.5) is 0 Å². The van der Waals surface area contributed by atoms with E-state index in [0.29, 0.717) is 5.92 Å². The van der Waals surface area contributed by atoms with Crippen molar-refractivity contribution in [1.29, 1.82) is 0 Å². The number of ether oxygens (including phenoxy) is 1. The molecule has 0 aromatic heterocycles. The molecule has 2 rings (SSSR count). The van der Waals surface area contributed by atoms with Crippen LogP contribution in [0.5, 0.6) is 0 Å². The van der Waals surface area contributed by atoms with Gasteiger partial charge in [0, 0.05) is 24.5 Å². The van der Waals surface area contributed by atoms with E-state index in [4.69, 9.17) is 4.74 Å². The van der Waals surface area contributed by atoms with E-state index in [1.54, 1.807) is 0 Å². The lowest BCUT2D eigenvalue weighted by Gasteiger charge is -2.49. The largest absolute Gasteiger partial charge is 0.381 e. The van der Waals surface area contributed by atoms with E-state index >= 15 is 0 Å². The number of carbonyl (C=O) groups excluding carboxylic acids is 1. The van der Waals surface area contributed by atoms with Gasteiger partial charge in [0.1, 0.15) is 0 Å². The maximum atomic E-state index is 12.0. The van der Waals surface area contributed by atoms with E-state index < -0.39 is 0 Å². The van der Waals surface area contributed by atoms with Gasteiger partial charge in [0.2, 0.25) is 5.91 Å². The lowest BCUT2D eigenvalue weighted by atomic mass is 9.58. The quantitative estimate of drug-likeness (QED) is 0.741. The van der Waals surface area contributed by atoms with Crippen molar-refractivity contribution in [2.75, 3.05) is 13.2 Å². The number of hydrogen-bond donors (Lipinski definition) is 1. The van der Waals surface area contributed by atoms with Crippen LogP contribution in [0.15, 0.2) is 0 Å². The van der Waals surface area contributed by atoms with Gasteiger partial charge in [-0.1, -0.05) is 27.7 Å². The molecule has 1 amide bonds. The fourth-order valence-electron chi connectivity index (χ4n) is 3.60. The van der Waals surface area contributed by atoms with E-state index in [0.717, 1.165) is 26.1 Å². The second kappa shape index (κ2) is 3.73. The molecule has 3 nitrogen and oxygen atoms in total. The van der Waals surface area contributed by atoms with Crippen LogP contribution in [0.2, 0.25) is 0 Å². The third kappa shape index (κ3) is 1.33. The zero-order chi connectivity index (χ0) is 12.0. The highest BCUT2D eigenvalue weighted by Crippen LogP contribution is 2.53. The van der Waals surface area contributed by atoms with Gasteiger partial charge in [-0.3, -0.25) is 4.79 Å². The molecule has 2 atom stereocenters. The van der Waals surface area contributed by atoms with Crippen molar-refractivity contribution in [2.45, 2.75) is 46.1 Å². The average molecular weight is 225 g/mol. The highest BCUT2D eigenvalue weighted by molar-refractivity contribution is 5.83. The van der Waals surface area contributed by atoms with E-state index in [2.05, 4.69) is 33.0 Å². The van der Waals surface area contributed by atoms with Crippen LogP contribution in [0.3, 0.4) is 0 Å². The number of hydrogen-bond acceptors (Lipinski definition) is 2. The highest BCUT2D eigenvalue weighted by atomic mass is 16.5. The summed E-state index contributed by atoms with van der Waals surface area (Å²) in [5, 5.41) is 3.27. The van der Waals surface area contributed by atoms with Gasteiger partial charge in [0.05, 0.1) is 5.54 Å². The summed E-state index contributed by atoms with van der Waals surface area (Å²) in [6.45, 7) is 10.3. The number of nitrogens with one attached hydrogen (secondary N) is 1. The Bertz CT molecular complexity index is 294. The molecule has 0 aliphatic carbocycles. The summed E-state index contributed by atoms with van der Waals surface area (Å²) in [6.07, 6.45) is 1.91. The van der Waals surface area contributed by atoms with Gasteiger partial charge in [-0.2, -0.15) is 0 Å². The third-order valence-electron chi connectivity index (χ3n) is 5.23. The summed E-state index contributed by atoms with van der Waals surface area (Å²) in [5.74, 6) is 0.822. The molecule has 92 valence electrons. The SMILES string of the molecule is CC(C)C1(C)C(C)C(=O)NC12CCOCC2. The predicted molar refractivity (Wildman–Crippen MR) is 63.0 cm³/mol. The van der Waals surface area contributed by atoms with Gasteiger partial charge < -0.3 is 10.1 Å². The fourth-order valence-corrected chi connectivity index (χ4v) is 3.60. The molecule has 2 unspecified atom stereocenters. The Morgan fingerprint density at radius 1 is 1.38 bits per heavy atom. The minimum Gasteiger partial charge on any atom is -0.381 e. The van der Waals surface area contributed by atoms with Crippen LogP contribution in [0.25, 0.3) is 0 Å². The Hall–Kier alpha value is -0.570. The first kappa shape index (κ1) is 11.9. The van der Waals surface area contributed by atoms with E-state index in [1.807, 2.05) is 0 Å². The van der Waals surface area contributed by atoms with Gasteiger partial charge >= 0.3 is 0 Å². The van der Waals surface area contributed by atoms with Crippen molar-refractivity contribution >= 4 is 5.91 Å². The first-order valence-corrected chi connectivity index (χ1v) is 6.34. The summed E-state index contributed by atoms with van der Waals surface area (Å²) in [6, 6.07) is 0. The second-order valence-electron chi connectivity index (χ2n) is 5.84. The standard InChI is InChI=1S/C13H23NO2/c1-9(2)12(4)10(3)11(15)14-13(12)5-7-16-8-6-13/h9-10H,5-8H2,1-4H3,(H,14,15). The summed E-state index contributed by atoms with van der Waals surface area (Å²) in [5.41, 5.74) is 0.0176. The number of carbonyl (C=O) groups is 1. The van der Waals surface area contributed by atoms with Crippen molar-refractivity contribution < 1.29 is 9.53 Å². The molecule has 0 saturated carbocycles.